The summed E-state index contributed by atoms with van der Waals surface area (Å²) in [6.45, 7) is 3.39. The minimum absolute atomic E-state index is 0.0813. The maximum atomic E-state index is 11.7. The second-order valence-corrected chi connectivity index (χ2v) is 4.10. The van der Waals surface area contributed by atoms with E-state index in [0.717, 1.165) is 6.20 Å². The highest BCUT2D eigenvalue weighted by molar-refractivity contribution is 6.14. The molecule has 0 aliphatic carbocycles. The number of carbonyl (C=O) groups is 3. The summed E-state index contributed by atoms with van der Waals surface area (Å²) in [7, 11) is 0. The lowest BCUT2D eigenvalue weighted by molar-refractivity contribution is -0.254. The molecule has 23 heavy (non-hydrogen) atoms. The highest BCUT2D eigenvalue weighted by Crippen LogP contribution is 2.12. The third-order valence-corrected chi connectivity index (χ3v) is 2.56. The smallest absolute Gasteiger partial charge is 0.347 e. The Morgan fingerprint density at radius 3 is 2.17 bits per heavy atom. The Hall–Kier alpha value is -3.03. The molecule has 0 atom stereocenters. The third kappa shape index (κ3) is 5.34. The lowest BCUT2D eigenvalue weighted by Crippen LogP contribution is -2.27. The molecule has 0 saturated heterocycles. The van der Waals surface area contributed by atoms with E-state index in [1.165, 1.54) is 18.2 Å². The van der Waals surface area contributed by atoms with E-state index in [1.54, 1.807) is 19.9 Å². The van der Waals surface area contributed by atoms with Gasteiger partial charge in [-0.05, 0) is 19.9 Å². The van der Waals surface area contributed by atoms with Gasteiger partial charge in [0.15, 0.2) is 5.57 Å². The SMILES string of the molecule is CCOC(=O)C(=CNNc1ccccc1C(=O)[O-])C(=O)OCC. The Balaban J connectivity index is 2.87. The highest BCUT2D eigenvalue weighted by atomic mass is 16.6. The number of hydrazine groups is 1. The lowest BCUT2D eigenvalue weighted by atomic mass is 10.2. The zero-order chi connectivity index (χ0) is 17.2. The van der Waals surface area contributed by atoms with Crippen molar-refractivity contribution in [3.63, 3.8) is 0 Å². The second kappa shape index (κ2) is 9.08. The van der Waals surface area contributed by atoms with E-state index >= 15 is 0 Å². The first-order valence-corrected chi connectivity index (χ1v) is 6.87. The Bertz CT molecular complexity index is 592. The number of rotatable bonds is 8. The molecule has 8 heteroatoms. The largest absolute Gasteiger partial charge is 0.545 e. The number of para-hydroxylation sites is 1. The Morgan fingerprint density at radius 1 is 1.09 bits per heavy atom. The van der Waals surface area contributed by atoms with E-state index in [4.69, 9.17) is 9.47 Å². The van der Waals surface area contributed by atoms with Gasteiger partial charge in [0.2, 0.25) is 0 Å². The van der Waals surface area contributed by atoms with Crippen molar-refractivity contribution in [1.29, 1.82) is 0 Å². The van der Waals surface area contributed by atoms with E-state index in [1.807, 2.05) is 0 Å². The number of carbonyl (C=O) groups excluding carboxylic acids is 3. The van der Waals surface area contributed by atoms with Gasteiger partial charge >= 0.3 is 11.9 Å². The van der Waals surface area contributed by atoms with Crippen LogP contribution >= 0.6 is 0 Å². The van der Waals surface area contributed by atoms with E-state index in [2.05, 4.69) is 10.9 Å². The van der Waals surface area contributed by atoms with Gasteiger partial charge in [-0.15, -0.1) is 0 Å². The first kappa shape index (κ1) is 18.0. The number of aromatic carboxylic acids is 1. The fraction of sp³-hybridized carbons (Fsp3) is 0.267. The summed E-state index contributed by atoms with van der Waals surface area (Å²) in [6.07, 6.45) is 1.04. The minimum Gasteiger partial charge on any atom is -0.545 e. The number of hydrogen-bond acceptors (Lipinski definition) is 8. The Kier molecular flexibility index (Phi) is 7.12. The first-order valence-electron chi connectivity index (χ1n) is 6.87. The molecule has 0 amide bonds. The van der Waals surface area contributed by atoms with E-state index in [-0.39, 0.29) is 30.0 Å². The molecule has 1 rings (SSSR count). The van der Waals surface area contributed by atoms with Gasteiger partial charge in [-0.2, -0.15) is 0 Å². The molecule has 0 fully saturated rings. The predicted octanol–water partition coefficient (Wildman–Crippen LogP) is -0.0233. The molecule has 0 radical (unpaired) electrons. The molecule has 1 aromatic rings. The van der Waals surface area contributed by atoms with Crippen LogP contribution in [0.5, 0.6) is 0 Å². The summed E-state index contributed by atoms with van der Waals surface area (Å²) in [5.74, 6) is -3.07. The van der Waals surface area contributed by atoms with Gasteiger partial charge < -0.3 is 30.2 Å². The number of carboxylic acid groups (broad SMARTS) is 1. The molecule has 2 N–H and O–H groups in total. The van der Waals surface area contributed by atoms with Crippen molar-refractivity contribution in [3.8, 4) is 0 Å². The average Bonchev–Trinajstić information content (AvgIpc) is 2.52. The van der Waals surface area contributed by atoms with Gasteiger partial charge in [-0.25, -0.2) is 9.59 Å². The number of hydrogen-bond donors (Lipinski definition) is 2. The van der Waals surface area contributed by atoms with Crippen molar-refractivity contribution in [2.75, 3.05) is 18.6 Å². The normalized spacial score (nSPS) is 9.48. The van der Waals surface area contributed by atoms with Gasteiger partial charge in [0.05, 0.1) is 24.9 Å². The summed E-state index contributed by atoms with van der Waals surface area (Å²) in [5.41, 5.74) is 4.80. The molecule has 0 unspecified atom stereocenters. The van der Waals surface area contributed by atoms with Crippen LogP contribution in [0.4, 0.5) is 5.69 Å². The number of carboxylic acids is 1. The molecule has 8 nitrogen and oxygen atoms in total. The maximum absolute atomic E-state index is 11.7. The predicted molar refractivity (Wildman–Crippen MR) is 78.9 cm³/mol. The number of anilines is 1. The number of esters is 2. The summed E-state index contributed by atoms with van der Waals surface area (Å²) in [5, 5.41) is 11.0. The van der Waals surface area contributed by atoms with Gasteiger partial charge in [0.25, 0.3) is 0 Å². The maximum Gasteiger partial charge on any atom is 0.347 e. The van der Waals surface area contributed by atoms with Crippen LogP contribution in [0, 0.1) is 0 Å². The number of nitrogens with one attached hydrogen (secondary N) is 2. The summed E-state index contributed by atoms with van der Waals surface area (Å²) < 4.78 is 9.51. The first-order chi connectivity index (χ1) is 11.0. The van der Waals surface area contributed by atoms with Crippen LogP contribution in [0.1, 0.15) is 24.2 Å². The number of benzene rings is 1. The van der Waals surface area contributed by atoms with Crippen LogP contribution in [0.2, 0.25) is 0 Å². The van der Waals surface area contributed by atoms with Crippen molar-refractivity contribution in [3.05, 3.63) is 41.6 Å². The summed E-state index contributed by atoms with van der Waals surface area (Å²) in [6, 6.07) is 5.98. The van der Waals surface area contributed by atoms with E-state index in [0.29, 0.717) is 0 Å². The standard InChI is InChI=1S/C15H18N2O6/c1-3-22-14(20)11(15(21)23-4-2)9-16-17-12-8-6-5-7-10(12)13(18)19/h5-9,16-17H,3-4H2,1-2H3,(H,18,19)/p-1. The van der Waals surface area contributed by atoms with Crippen LogP contribution in [-0.2, 0) is 19.1 Å². The Morgan fingerprint density at radius 2 is 1.65 bits per heavy atom. The molecule has 0 spiro atoms. The van der Waals surface area contributed by atoms with Gasteiger partial charge in [0, 0.05) is 11.8 Å². The average molecular weight is 321 g/mol. The lowest BCUT2D eigenvalue weighted by Gasteiger charge is -2.13. The molecule has 0 bridgehead atoms. The van der Waals surface area contributed by atoms with Crippen LogP contribution in [0.3, 0.4) is 0 Å². The number of ether oxygens (including phenoxy) is 2. The van der Waals surface area contributed by atoms with Crippen molar-refractivity contribution < 1.29 is 29.0 Å². The molecule has 0 aliphatic heterocycles. The minimum atomic E-state index is -1.37. The van der Waals surface area contributed by atoms with E-state index in [9.17, 15) is 19.5 Å². The van der Waals surface area contributed by atoms with Crippen LogP contribution in [-0.4, -0.2) is 31.1 Å². The molecule has 1 aromatic carbocycles. The summed E-state index contributed by atoms with van der Waals surface area (Å²) >= 11 is 0. The van der Waals surface area contributed by atoms with Crippen LogP contribution in [0.25, 0.3) is 0 Å². The van der Waals surface area contributed by atoms with Crippen molar-refractivity contribution in [1.82, 2.24) is 5.43 Å². The summed E-state index contributed by atoms with van der Waals surface area (Å²) in [4.78, 5) is 34.4. The molecular weight excluding hydrogens is 304 g/mol. The third-order valence-electron chi connectivity index (χ3n) is 2.56. The zero-order valence-corrected chi connectivity index (χ0v) is 12.8. The van der Waals surface area contributed by atoms with Crippen molar-refractivity contribution in [2.24, 2.45) is 0 Å². The monoisotopic (exact) mass is 321 g/mol. The molecule has 0 aliphatic rings. The van der Waals surface area contributed by atoms with Gasteiger partial charge in [-0.3, -0.25) is 0 Å². The topological polar surface area (TPSA) is 117 Å². The molecule has 0 heterocycles. The zero-order valence-electron chi connectivity index (χ0n) is 12.8. The van der Waals surface area contributed by atoms with Gasteiger partial charge in [-0.1, -0.05) is 18.2 Å². The van der Waals surface area contributed by atoms with Crippen molar-refractivity contribution >= 4 is 23.6 Å². The van der Waals surface area contributed by atoms with Crippen molar-refractivity contribution in [2.45, 2.75) is 13.8 Å². The quantitative estimate of drug-likeness (QED) is 0.225. The molecular formula is C15H17N2O6-. The second-order valence-electron chi connectivity index (χ2n) is 4.10. The molecule has 0 saturated carbocycles. The fourth-order valence-electron chi connectivity index (χ4n) is 1.57. The van der Waals surface area contributed by atoms with Crippen LogP contribution < -0.4 is 16.0 Å². The van der Waals surface area contributed by atoms with Crippen LogP contribution in [0.15, 0.2) is 36.0 Å². The molecule has 0 aromatic heterocycles. The highest BCUT2D eigenvalue weighted by Gasteiger charge is 2.20. The molecule has 124 valence electrons. The Labute approximate surface area is 133 Å². The van der Waals surface area contributed by atoms with Gasteiger partial charge in [0.1, 0.15) is 0 Å². The van der Waals surface area contributed by atoms with E-state index < -0.39 is 17.9 Å². The fourth-order valence-corrected chi connectivity index (χ4v) is 1.57.